The lowest BCUT2D eigenvalue weighted by Crippen LogP contribution is -2.32. The fourth-order valence-corrected chi connectivity index (χ4v) is 4.40. The number of rotatable bonds is 3. The fourth-order valence-electron chi connectivity index (χ4n) is 3.87. The maximum Gasteiger partial charge on any atom is 0.271 e. The molecule has 0 atom stereocenters. The molecule has 33 heavy (non-hydrogen) atoms. The quantitative estimate of drug-likeness (QED) is 0.396. The molecule has 0 amide bonds. The van der Waals surface area contributed by atoms with Gasteiger partial charge < -0.3 is 9.47 Å². The summed E-state index contributed by atoms with van der Waals surface area (Å²) in [5.74, 6) is 1.44. The molecule has 0 bridgehead atoms. The largest absolute Gasteiger partial charge is 0.490 e. The Balaban J connectivity index is 0.000000189. The molecule has 2 aromatic carbocycles. The summed E-state index contributed by atoms with van der Waals surface area (Å²) in [4.78, 5) is 15.0. The van der Waals surface area contributed by atoms with Crippen molar-refractivity contribution in [3.63, 3.8) is 0 Å². The highest BCUT2D eigenvalue weighted by Gasteiger charge is 2.23. The standard InChI is InChI=1S/C12H15ClN2O3.C12H16ClNO/c1-8(2)14-3-4-18-12-9(7-14)5-10(15(16)17)6-11(12)13;1-9(2)14-6-7-15-12-10(8-14)4-3-5-11(12)13/h5-6,8H,3-4,7H2,1-2H3;3-5,9H,6-8H2,1-2H3. The molecular formula is C24H31Cl2N3O4. The van der Waals surface area contributed by atoms with Crippen LogP contribution in [0.5, 0.6) is 11.5 Å². The molecule has 180 valence electrons. The van der Waals surface area contributed by atoms with Crippen molar-refractivity contribution in [3.8, 4) is 11.5 Å². The van der Waals surface area contributed by atoms with Crippen LogP contribution >= 0.6 is 23.2 Å². The summed E-state index contributed by atoms with van der Waals surface area (Å²) in [5, 5.41) is 11.9. The zero-order valence-electron chi connectivity index (χ0n) is 19.5. The Morgan fingerprint density at radius 3 is 1.97 bits per heavy atom. The average Bonchev–Trinajstić information content (AvgIpc) is 3.11. The lowest BCUT2D eigenvalue weighted by molar-refractivity contribution is -0.384. The van der Waals surface area contributed by atoms with Gasteiger partial charge in [0.05, 0.1) is 15.0 Å². The Morgan fingerprint density at radius 1 is 0.879 bits per heavy atom. The van der Waals surface area contributed by atoms with Gasteiger partial charge in [0, 0.05) is 61.5 Å². The normalized spacial score (nSPS) is 16.5. The van der Waals surface area contributed by atoms with Gasteiger partial charge in [0.25, 0.3) is 5.69 Å². The van der Waals surface area contributed by atoms with Crippen molar-refractivity contribution in [2.75, 3.05) is 26.3 Å². The highest BCUT2D eigenvalue weighted by Crippen LogP contribution is 2.36. The van der Waals surface area contributed by atoms with E-state index in [2.05, 4.69) is 43.6 Å². The zero-order chi connectivity index (χ0) is 24.1. The van der Waals surface area contributed by atoms with Crippen molar-refractivity contribution in [3.05, 3.63) is 61.6 Å². The topological polar surface area (TPSA) is 68.1 Å². The third-order valence-electron chi connectivity index (χ3n) is 5.82. The second-order valence-electron chi connectivity index (χ2n) is 8.73. The molecule has 2 aliphatic heterocycles. The fraction of sp³-hybridized carbons (Fsp3) is 0.500. The van der Waals surface area contributed by atoms with Crippen LogP contribution in [0.25, 0.3) is 0 Å². The van der Waals surface area contributed by atoms with Gasteiger partial charge in [-0.15, -0.1) is 0 Å². The molecule has 9 heteroatoms. The number of ether oxygens (including phenoxy) is 2. The number of non-ortho nitro benzene ring substituents is 1. The first-order valence-electron chi connectivity index (χ1n) is 11.1. The van der Waals surface area contributed by atoms with Crippen LogP contribution in [0.4, 0.5) is 5.69 Å². The molecule has 0 saturated carbocycles. The summed E-state index contributed by atoms with van der Waals surface area (Å²) in [6.45, 7) is 13.1. The molecule has 0 aliphatic carbocycles. The van der Waals surface area contributed by atoms with Crippen LogP contribution in [0.2, 0.25) is 10.0 Å². The van der Waals surface area contributed by atoms with E-state index in [1.54, 1.807) is 6.07 Å². The van der Waals surface area contributed by atoms with Crippen molar-refractivity contribution in [1.29, 1.82) is 0 Å². The second kappa shape index (κ2) is 11.4. The number of nitro benzene ring substituents is 1. The molecule has 2 aliphatic rings. The number of fused-ring (bicyclic) bond motifs is 2. The van der Waals surface area contributed by atoms with Gasteiger partial charge in [0.1, 0.15) is 24.7 Å². The number of benzene rings is 2. The molecule has 4 rings (SSSR count). The van der Waals surface area contributed by atoms with Crippen molar-refractivity contribution < 1.29 is 14.4 Å². The van der Waals surface area contributed by atoms with Crippen LogP contribution in [0.1, 0.15) is 38.8 Å². The van der Waals surface area contributed by atoms with E-state index in [0.29, 0.717) is 36.0 Å². The van der Waals surface area contributed by atoms with E-state index in [9.17, 15) is 10.1 Å². The maximum absolute atomic E-state index is 10.8. The van der Waals surface area contributed by atoms with Crippen LogP contribution in [-0.4, -0.2) is 53.1 Å². The minimum absolute atomic E-state index is 0.00737. The summed E-state index contributed by atoms with van der Waals surface area (Å²) in [7, 11) is 0. The number of hydrogen-bond acceptors (Lipinski definition) is 6. The maximum atomic E-state index is 10.8. The molecule has 7 nitrogen and oxygen atoms in total. The minimum atomic E-state index is -0.434. The van der Waals surface area contributed by atoms with E-state index >= 15 is 0 Å². The first-order chi connectivity index (χ1) is 15.7. The van der Waals surface area contributed by atoms with Gasteiger partial charge in [0.15, 0.2) is 0 Å². The highest BCUT2D eigenvalue weighted by molar-refractivity contribution is 6.32. The lowest BCUT2D eigenvalue weighted by atomic mass is 10.1. The summed E-state index contributed by atoms with van der Waals surface area (Å²) < 4.78 is 11.3. The van der Waals surface area contributed by atoms with Gasteiger partial charge in [0.2, 0.25) is 0 Å². The Morgan fingerprint density at radius 2 is 1.42 bits per heavy atom. The van der Waals surface area contributed by atoms with Crippen LogP contribution in [0, 0.1) is 10.1 Å². The van der Waals surface area contributed by atoms with E-state index in [0.717, 1.165) is 42.6 Å². The summed E-state index contributed by atoms with van der Waals surface area (Å²) in [6, 6.07) is 9.73. The zero-order valence-corrected chi connectivity index (χ0v) is 21.0. The minimum Gasteiger partial charge on any atom is -0.490 e. The van der Waals surface area contributed by atoms with Crippen molar-refractivity contribution in [2.45, 2.75) is 52.9 Å². The average molecular weight is 496 g/mol. The van der Waals surface area contributed by atoms with Crippen molar-refractivity contribution in [2.24, 2.45) is 0 Å². The molecule has 2 aromatic rings. The summed E-state index contributed by atoms with van der Waals surface area (Å²) >= 11 is 12.1. The molecule has 0 saturated heterocycles. The predicted molar refractivity (Wildman–Crippen MR) is 132 cm³/mol. The molecular weight excluding hydrogens is 465 g/mol. The summed E-state index contributed by atoms with van der Waals surface area (Å²) in [5.41, 5.74) is 1.97. The number of para-hydroxylation sites is 1. The lowest BCUT2D eigenvalue weighted by Gasteiger charge is -2.23. The van der Waals surface area contributed by atoms with Crippen LogP contribution < -0.4 is 9.47 Å². The first kappa shape index (κ1) is 25.6. The third kappa shape index (κ3) is 6.51. The van der Waals surface area contributed by atoms with E-state index in [-0.39, 0.29) is 5.69 Å². The van der Waals surface area contributed by atoms with Gasteiger partial charge in [-0.1, -0.05) is 35.3 Å². The van der Waals surface area contributed by atoms with Gasteiger partial charge in [-0.2, -0.15) is 0 Å². The molecule has 0 unspecified atom stereocenters. The molecule has 2 heterocycles. The van der Waals surface area contributed by atoms with E-state index in [1.807, 2.05) is 12.1 Å². The van der Waals surface area contributed by atoms with Crippen LogP contribution in [0.15, 0.2) is 30.3 Å². The monoisotopic (exact) mass is 495 g/mol. The van der Waals surface area contributed by atoms with Gasteiger partial charge in [-0.3, -0.25) is 19.9 Å². The molecule has 0 N–H and O–H groups in total. The Kier molecular flexibility index (Phi) is 8.82. The number of nitro groups is 1. The number of halogens is 2. The van der Waals surface area contributed by atoms with Gasteiger partial charge >= 0.3 is 0 Å². The van der Waals surface area contributed by atoms with Gasteiger partial charge in [-0.25, -0.2) is 0 Å². The SMILES string of the molecule is CC(C)N1CCOc2c(Cl)cc([N+](=O)[O-])cc2C1.CC(C)N1CCOc2c(Cl)cccc2C1. The van der Waals surface area contributed by atoms with E-state index in [1.165, 1.54) is 11.6 Å². The number of nitrogens with zero attached hydrogens (tertiary/aromatic N) is 3. The predicted octanol–water partition coefficient (Wildman–Crippen LogP) is 5.79. The smallest absolute Gasteiger partial charge is 0.271 e. The third-order valence-corrected chi connectivity index (χ3v) is 6.40. The first-order valence-corrected chi connectivity index (χ1v) is 11.9. The second-order valence-corrected chi connectivity index (χ2v) is 9.54. The highest BCUT2D eigenvalue weighted by atomic mass is 35.5. The van der Waals surface area contributed by atoms with Gasteiger partial charge in [-0.05, 0) is 33.8 Å². The van der Waals surface area contributed by atoms with E-state index < -0.39 is 4.92 Å². The van der Waals surface area contributed by atoms with Crippen molar-refractivity contribution >= 4 is 28.9 Å². The number of hydrogen-bond donors (Lipinski definition) is 0. The van der Waals surface area contributed by atoms with Crippen LogP contribution in [-0.2, 0) is 13.1 Å². The van der Waals surface area contributed by atoms with Crippen LogP contribution in [0.3, 0.4) is 0 Å². The molecule has 0 fully saturated rings. The van der Waals surface area contributed by atoms with E-state index in [4.69, 9.17) is 32.7 Å². The summed E-state index contributed by atoms with van der Waals surface area (Å²) in [6.07, 6.45) is 0. The molecule has 0 radical (unpaired) electrons. The Labute approximate surface area is 205 Å². The van der Waals surface area contributed by atoms with Crippen molar-refractivity contribution in [1.82, 2.24) is 9.80 Å². The molecule has 0 aromatic heterocycles. The Hall–Kier alpha value is -2.06. The Bertz CT molecular complexity index is 984. The molecule has 0 spiro atoms.